The molecule has 0 unspecified atom stereocenters. The van der Waals surface area contributed by atoms with Gasteiger partial charge in [-0.25, -0.2) is 9.37 Å². The molecule has 1 aliphatic carbocycles. The summed E-state index contributed by atoms with van der Waals surface area (Å²) in [6, 6.07) is 0. The predicted octanol–water partition coefficient (Wildman–Crippen LogP) is 3.26. The third-order valence-corrected chi connectivity index (χ3v) is 3.26. The average Bonchev–Trinajstić information content (AvgIpc) is 2.61. The maximum atomic E-state index is 13.4. The molecule has 1 aliphatic rings. The van der Waals surface area contributed by atoms with Crippen molar-refractivity contribution in [3.05, 3.63) is 22.5 Å². The molecule has 0 radical (unpaired) electrons. The number of thiazole rings is 1. The summed E-state index contributed by atoms with van der Waals surface area (Å²) in [6.07, 6.45) is 6.46. The smallest absolute Gasteiger partial charge is 0.184 e. The van der Waals surface area contributed by atoms with Gasteiger partial charge in [-0.1, -0.05) is 17.4 Å². The van der Waals surface area contributed by atoms with Gasteiger partial charge in [0.25, 0.3) is 0 Å². The van der Waals surface area contributed by atoms with Crippen LogP contribution in [0.15, 0.2) is 11.9 Å². The number of aromatic nitrogens is 1. The van der Waals surface area contributed by atoms with Crippen LogP contribution in [-0.4, -0.2) is 17.3 Å². The Morgan fingerprint density at radius 2 is 2.47 bits per heavy atom. The highest BCUT2D eigenvalue weighted by Gasteiger charge is 2.10. The van der Waals surface area contributed by atoms with Gasteiger partial charge in [-0.05, 0) is 25.5 Å². The Kier molecular flexibility index (Phi) is 3.68. The zero-order valence-electron chi connectivity index (χ0n) is 9.50. The minimum absolute atomic E-state index is 0.0462. The number of halogens is 1. The highest BCUT2D eigenvalue weighted by atomic mass is 32.1. The topological polar surface area (TPSA) is 42.0 Å². The first-order valence-electron chi connectivity index (χ1n) is 5.42. The number of Topliss-reactive ketones (excluding diaryl/α,β-unsaturated/α-hetero) is 1. The number of hydrogen-bond donors (Lipinski definition) is 1. The summed E-state index contributed by atoms with van der Waals surface area (Å²) >= 11 is 1.36. The van der Waals surface area contributed by atoms with Crippen LogP contribution in [0.2, 0.25) is 0 Å². The molecule has 0 atom stereocenters. The van der Waals surface area contributed by atoms with E-state index < -0.39 is 0 Å². The molecule has 0 aromatic carbocycles. The van der Waals surface area contributed by atoms with E-state index in [4.69, 9.17) is 0 Å². The molecule has 0 saturated carbocycles. The van der Waals surface area contributed by atoms with Crippen LogP contribution in [0.4, 0.5) is 9.52 Å². The van der Waals surface area contributed by atoms with Gasteiger partial charge < -0.3 is 5.32 Å². The number of ketones is 1. The van der Waals surface area contributed by atoms with Gasteiger partial charge in [0, 0.05) is 6.42 Å². The fourth-order valence-corrected chi connectivity index (χ4v) is 2.37. The maximum Gasteiger partial charge on any atom is 0.184 e. The Hall–Kier alpha value is -1.49. The van der Waals surface area contributed by atoms with Gasteiger partial charge in [-0.2, -0.15) is 0 Å². The Bertz CT molecular complexity index is 491. The number of anilines is 1. The lowest BCUT2D eigenvalue weighted by Crippen LogP contribution is -2.09. The van der Waals surface area contributed by atoms with Crippen molar-refractivity contribution in [2.75, 3.05) is 11.9 Å². The van der Waals surface area contributed by atoms with Gasteiger partial charge in [0.15, 0.2) is 5.13 Å². The van der Waals surface area contributed by atoms with Crippen molar-refractivity contribution in [1.82, 2.24) is 4.98 Å². The number of carbonyl (C=O) groups excluding carboxylic acids is 1. The van der Waals surface area contributed by atoms with E-state index in [1.165, 1.54) is 24.3 Å². The van der Waals surface area contributed by atoms with Gasteiger partial charge >= 0.3 is 0 Å². The second kappa shape index (κ2) is 5.23. The summed E-state index contributed by atoms with van der Waals surface area (Å²) in [6.45, 7) is 1.76. The average molecular weight is 252 g/mol. The molecule has 17 heavy (non-hydrogen) atoms. The van der Waals surface area contributed by atoms with Crippen LogP contribution in [0.1, 0.15) is 30.3 Å². The fourth-order valence-electron chi connectivity index (χ4n) is 1.47. The zero-order valence-corrected chi connectivity index (χ0v) is 10.3. The van der Waals surface area contributed by atoms with E-state index in [-0.39, 0.29) is 18.2 Å². The van der Waals surface area contributed by atoms with Crippen LogP contribution >= 0.6 is 11.3 Å². The minimum atomic E-state index is -0.127. The zero-order chi connectivity index (χ0) is 12.3. The van der Waals surface area contributed by atoms with Crippen LogP contribution in [0.3, 0.4) is 0 Å². The molecule has 1 aromatic heterocycles. The van der Waals surface area contributed by atoms with E-state index in [1.807, 2.05) is 12.2 Å². The summed E-state index contributed by atoms with van der Waals surface area (Å²) in [4.78, 5) is 16.0. The van der Waals surface area contributed by atoms with Crippen LogP contribution in [-0.2, 0) is 4.79 Å². The number of rotatable bonds is 3. The number of hydrogen-bond acceptors (Lipinski definition) is 4. The number of fused-ring (bicyclic) bond motifs is 1. The molecule has 0 amide bonds. The molecule has 0 fully saturated rings. The van der Waals surface area contributed by atoms with Crippen molar-refractivity contribution in [3.8, 4) is 0 Å². The summed E-state index contributed by atoms with van der Waals surface area (Å²) in [5, 5.41) is 3.58. The molecule has 90 valence electrons. The number of allylic oxidation sites excluding steroid dienone is 2. The lowest BCUT2D eigenvalue weighted by atomic mass is 10.2. The lowest BCUT2D eigenvalue weighted by Gasteiger charge is -1.97. The van der Waals surface area contributed by atoms with Crippen LogP contribution in [0.25, 0.3) is 12.2 Å². The maximum absolute atomic E-state index is 13.4. The lowest BCUT2D eigenvalue weighted by molar-refractivity contribution is -0.115. The van der Waals surface area contributed by atoms with E-state index in [1.54, 1.807) is 0 Å². The highest BCUT2D eigenvalue weighted by Crippen LogP contribution is 2.29. The van der Waals surface area contributed by atoms with Crippen molar-refractivity contribution in [3.63, 3.8) is 0 Å². The van der Waals surface area contributed by atoms with Crippen molar-refractivity contribution in [2.24, 2.45) is 0 Å². The molecule has 5 heteroatoms. The van der Waals surface area contributed by atoms with Gasteiger partial charge in [-0.3, -0.25) is 4.79 Å². The van der Waals surface area contributed by atoms with Crippen molar-refractivity contribution in [2.45, 2.75) is 19.8 Å². The molecule has 3 nitrogen and oxygen atoms in total. The highest BCUT2D eigenvalue weighted by molar-refractivity contribution is 7.16. The third kappa shape index (κ3) is 3.23. The van der Waals surface area contributed by atoms with Crippen LogP contribution < -0.4 is 5.32 Å². The Balaban J connectivity index is 2.23. The molecular weight excluding hydrogens is 239 g/mol. The van der Waals surface area contributed by atoms with Crippen molar-refractivity contribution in [1.29, 1.82) is 0 Å². The summed E-state index contributed by atoms with van der Waals surface area (Å²) in [5.41, 5.74) is 0.760. The first-order valence-corrected chi connectivity index (χ1v) is 6.23. The molecule has 0 spiro atoms. The summed E-state index contributed by atoms with van der Waals surface area (Å²) in [7, 11) is 0. The van der Waals surface area contributed by atoms with Crippen LogP contribution in [0, 0.1) is 0 Å². The molecule has 0 aliphatic heterocycles. The molecule has 0 bridgehead atoms. The number of nitrogens with zero attached hydrogens (tertiary/aromatic N) is 1. The Morgan fingerprint density at radius 1 is 1.65 bits per heavy atom. The summed E-state index contributed by atoms with van der Waals surface area (Å²) < 4.78 is 13.4. The van der Waals surface area contributed by atoms with Crippen molar-refractivity contribution < 1.29 is 9.18 Å². The third-order valence-electron chi connectivity index (χ3n) is 2.28. The molecule has 1 aromatic rings. The minimum Gasteiger partial charge on any atom is -0.354 e. The monoisotopic (exact) mass is 252 g/mol. The standard InChI is InChI=1S/C12H13FN2OS/c1-8(16)7-14-12-15-10-5-3-2-4-9(13)6-11(10)17-12/h3,5-6H,2,4,7H2,1H3,(H,14,15)/b5-3-,9-6+. The van der Waals surface area contributed by atoms with Gasteiger partial charge in [0.05, 0.1) is 17.1 Å². The van der Waals surface area contributed by atoms with Gasteiger partial charge in [0.2, 0.25) is 0 Å². The fraction of sp³-hybridized carbons (Fsp3) is 0.333. The normalized spacial score (nSPS) is 19.5. The molecule has 1 heterocycles. The predicted molar refractivity (Wildman–Crippen MR) is 68.6 cm³/mol. The van der Waals surface area contributed by atoms with E-state index in [0.29, 0.717) is 18.0 Å². The van der Waals surface area contributed by atoms with Gasteiger partial charge in [-0.15, -0.1) is 0 Å². The van der Waals surface area contributed by atoms with E-state index in [0.717, 1.165) is 10.6 Å². The first-order chi connectivity index (χ1) is 8.15. The summed E-state index contributed by atoms with van der Waals surface area (Å²) in [5.74, 6) is -0.0813. The van der Waals surface area contributed by atoms with E-state index in [9.17, 15) is 9.18 Å². The second-order valence-corrected chi connectivity index (χ2v) is 4.89. The largest absolute Gasteiger partial charge is 0.354 e. The molecule has 2 rings (SSSR count). The quantitative estimate of drug-likeness (QED) is 0.897. The number of nitrogens with one attached hydrogen (secondary N) is 1. The Labute approximate surface area is 103 Å². The van der Waals surface area contributed by atoms with Crippen molar-refractivity contribution >= 4 is 34.4 Å². The number of carbonyl (C=O) groups is 1. The SMILES string of the molecule is CC(=O)CNc1nc2c(s1)/C=C(/F)CC/C=C\2. The first kappa shape index (κ1) is 12.0. The molecular formula is C12H13FN2OS. The Morgan fingerprint density at radius 3 is 3.24 bits per heavy atom. The van der Waals surface area contributed by atoms with E-state index in [2.05, 4.69) is 10.3 Å². The second-order valence-electron chi connectivity index (χ2n) is 3.86. The van der Waals surface area contributed by atoms with Crippen LogP contribution in [0.5, 0.6) is 0 Å². The van der Waals surface area contributed by atoms with Gasteiger partial charge in [0.1, 0.15) is 11.6 Å². The molecule has 0 saturated heterocycles. The molecule has 1 N–H and O–H groups in total. The van der Waals surface area contributed by atoms with E-state index >= 15 is 0 Å².